The molecule has 1 aliphatic heterocycles. The fourth-order valence-electron chi connectivity index (χ4n) is 2.88. The lowest BCUT2D eigenvalue weighted by Gasteiger charge is -2.25. The number of halogens is 6. The van der Waals surface area contributed by atoms with Gasteiger partial charge in [-0.15, -0.1) is 0 Å². The number of rotatable bonds is 9. The second-order valence-electron chi connectivity index (χ2n) is 5.94. The Hall–Kier alpha value is 0.112. The van der Waals surface area contributed by atoms with Gasteiger partial charge >= 0.3 is 0 Å². The molecule has 0 aliphatic carbocycles. The zero-order valence-corrected chi connectivity index (χ0v) is 13.3. The first-order valence-corrected chi connectivity index (χ1v) is 10.2. The molecule has 0 amide bonds. The SMILES string of the molecule is FCCCC(F)C(F)C(F)C(F)C(F)[CH2][Al]1[CH2]CCC[CH2]1. The van der Waals surface area contributed by atoms with Crippen LogP contribution >= 0.6 is 0 Å². The van der Waals surface area contributed by atoms with E-state index in [4.69, 9.17) is 0 Å². The molecule has 1 rings (SSSR count). The molecule has 5 unspecified atom stereocenters. The maximum Gasteiger partial charge on any atom is 0.266 e. The van der Waals surface area contributed by atoms with Crippen molar-refractivity contribution in [2.45, 2.75) is 78.8 Å². The van der Waals surface area contributed by atoms with Gasteiger partial charge in [0.05, 0.1) is 6.67 Å². The number of hydrogen-bond acceptors (Lipinski definition) is 0. The van der Waals surface area contributed by atoms with Gasteiger partial charge in [-0.1, -0.05) is 35.1 Å². The van der Waals surface area contributed by atoms with Crippen molar-refractivity contribution in [1.29, 1.82) is 0 Å². The van der Waals surface area contributed by atoms with Crippen LogP contribution in [0.25, 0.3) is 0 Å². The summed E-state index contributed by atoms with van der Waals surface area (Å²) in [6.07, 6.45) is -10.2. The molecule has 1 saturated heterocycles. The molecule has 0 radical (unpaired) electrons. The summed E-state index contributed by atoms with van der Waals surface area (Å²) < 4.78 is 79.6. The highest BCUT2D eigenvalue weighted by Gasteiger charge is 2.41. The lowest BCUT2D eigenvalue weighted by molar-refractivity contribution is 0.00268. The third kappa shape index (κ3) is 6.40. The number of alkyl halides is 6. The maximum absolute atomic E-state index is 13.8. The summed E-state index contributed by atoms with van der Waals surface area (Å²) in [5, 5.41) is 1.81. The van der Waals surface area contributed by atoms with Gasteiger partial charge in [0.15, 0.2) is 18.5 Å². The van der Waals surface area contributed by atoms with Gasteiger partial charge in [0, 0.05) is 0 Å². The highest BCUT2D eigenvalue weighted by molar-refractivity contribution is 6.59. The Morgan fingerprint density at radius 1 is 0.762 bits per heavy atom. The van der Waals surface area contributed by atoms with Crippen molar-refractivity contribution in [2.75, 3.05) is 6.67 Å². The van der Waals surface area contributed by atoms with Crippen LogP contribution < -0.4 is 0 Å². The van der Waals surface area contributed by atoms with Crippen molar-refractivity contribution in [3.63, 3.8) is 0 Å². The minimum atomic E-state index is -2.81. The van der Waals surface area contributed by atoms with Crippen LogP contribution in [0.4, 0.5) is 26.3 Å². The molecule has 1 fully saturated rings. The molecule has 5 atom stereocenters. The van der Waals surface area contributed by atoms with Crippen LogP contribution in [0.1, 0.15) is 32.1 Å². The van der Waals surface area contributed by atoms with E-state index in [9.17, 15) is 26.3 Å². The molecule has 0 saturated carbocycles. The molecule has 21 heavy (non-hydrogen) atoms. The first-order chi connectivity index (χ1) is 9.97. The molecule has 0 aromatic rings. The Morgan fingerprint density at radius 2 is 1.33 bits per heavy atom. The fourth-order valence-corrected chi connectivity index (χ4v) is 6.27. The van der Waals surface area contributed by atoms with Gasteiger partial charge in [-0.25, -0.2) is 22.0 Å². The quantitative estimate of drug-likeness (QED) is 0.407. The second kappa shape index (κ2) is 9.99. The monoisotopic (exact) mass is 332 g/mol. The van der Waals surface area contributed by atoms with Gasteiger partial charge in [0.2, 0.25) is 0 Å². The summed E-state index contributed by atoms with van der Waals surface area (Å²) in [5.74, 6) is 0. The molecule has 0 aromatic carbocycles. The van der Waals surface area contributed by atoms with Crippen LogP contribution in [-0.2, 0) is 0 Å². The largest absolute Gasteiger partial charge is 0.266 e. The van der Waals surface area contributed by atoms with E-state index in [2.05, 4.69) is 0 Å². The molecule has 0 N–H and O–H groups in total. The molecule has 1 heterocycles. The van der Waals surface area contributed by atoms with E-state index in [1.54, 1.807) is 0 Å². The van der Waals surface area contributed by atoms with Crippen LogP contribution in [0.5, 0.6) is 0 Å². The summed E-state index contributed by atoms with van der Waals surface area (Å²) in [6, 6.07) is 0. The second-order valence-corrected chi connectivity index (χ2v) is 9.29. The summed E-state index contributed by atoms with van der Waals surface area (Å²) in [7, 11) is 0. The van der Waals surface area contributed by atoms with Crippen molar-refractivity contribution in [3.05, 3.63) is 0 Å². The van der Waals surface area contributed by atoms with Crippen LogP contribution in [0.15, 0.2) is 0 Å². The predicted molar refractivity (Wildman–Crippen MR) is 73.7 cm³/mol. The van der Waals surface area contributed by atoms with Crippen LogP contribution in [0.3, 0.4) is 0 Å². The van der Waals surface area contributed by atoms with Gasteiger partial charge in [-0.2, -0.15) is 0 Å². The highest BCUT2D eigenvalue weighted by atomic mass is 27.2. The first kappa shape index (κ1) is 19.2. The highest BCUT2D eigenvalue weighted by Crippen LogP contribution is 2.29. The van der Waals surface area contributed by atoms with Crippen LogP contribution in [0.2, 0.25) is 15.8 Å². The smallest absolute Gasteiger partial charge is 0.251 e. The van der Waals surface area contributed by atoms with Gasteiger partial charge < -0.3 is 0 Å². The third-order valence-electron chi connectivity index (χ3n) is 4.20. The Bertz CT molecular complexity index is 274. The van der Waals surface area contributed by atoms with E-state index in [0.717, 1.165) is 29.8 Å². The summed E-state index contributed by atoms with van der Waals surface area (Å²) in [6.45, 7) is -0.845. The van der Waals surface area contributed by atoms with E-state index in [1.165, 1.54) is 0 Å². The molecule has 7 heteroatoms. The number of hydrogen-bond donors (Lipinski definition) is 0. The topological polar surface area (TPSA) is 0 Å². The van der Waals surface area contributed by atoms with Crippen molar-refractivity contribution in [3.8, 4) is 0 Å². The molecule has 0 nitrogen and oxygen atoms in total. The predicted octanol–water partition coefficient (Wildman–Crippen LogP) is 5.11. The minimum absolute atomic E-state index is 0.00423. The Morgan fingerprint density at radius 3 is 1.90 bits per heavy atom. The molecular formula is C14H23AlF6. The average Bonchev–Trinajstić information content (AvgIpc) is 2.51. The van der Waals surface area contributed by atoms with E-state index in [-0.39, 0.29) is 11.7 Å². The Balaban J connectivity index is 2.41. The van der Waals surface area contributed by atoms with Crippen molar-refractivity contribution >= 4 is 14.1 Å². The van der Waals surface area contributed by atoms with Crippen LogP contribution in [-0.4, -0.2) is 51.7 Å². The van der Waals surface area contributed by atoms with Gasteiger partial charge in [0.1, 0.15) is 12.3 Å². The Kier molecular flexibility index (Phi) is 9.12. The summed E-state index contributed by atoms with van der Waals surface area (Å²) >= 11 is -1.40. The van der Waals surface area contributed by atoms with E-state index < -0.39 is 58.1 Å². The maximum atomic E-state index is 13.8. The third-order valence-corrected chi connectivity index (χ3v) is 7.76. The van der Waals surface area contributed by atoms with E-state index in [1.807, 2.05) is 0 Å². The van der Waals surface area contributed by atoms with Crippen molar-refractivity contribution in [2.24, 2.45) is 0 Å². The van der Waals surface area contributed by atoms with Crippen molar-refractivity contribution < 1.29 is 26.3 Å². The van der Waals surface area contributed by atoms with Gasteiger partial charge in [-0.3, -0.25) is 4.39 Å². The van der Waals surface area contributed by atoms with E-state index >= 15 is 0 Å². The molecule has 0 spiro atoms. The standard InChI is InChI=1S/C9H13F6.C5H10.Al/c1-5(11)7(13)9(15)8(14)6(12)3-2-4-10;1-3-5-4-2;/h5-9H,1-4H2;1-5H2;. The summed E-state index contributed by atoms with van der Waals surface area (Å²) in [4.78, 5) is 0. The molecular weight excluding hydrogens is 309 g/mol. The fraction of sp³-hybridized carbons (Fsp3) is 1.00. The first-order valence-electron chi connectivity index (χ1n) is 7.73. The zero-order valence-electron chi connectivity index (χ0n) is 12.1. The van der Waals surface area contributed by atoms with Crippen LogP contribution in [0, 0.1) is 0 Å². The normalized spacial score (nSPS) is 23.4. The minimum Gasteiger partial charge on any atom is -0.251 e. The lowest BCUT2D eigenvalue weighted by atomic mass is 10.0. The summed E-state index contributed by atoms with van der Waals surface area (Å²) in [5.41, 5.74) is 0. The molecule has 124 valence electrons. The van der Waals surface area contributed by atoms with Gasteiger partial charge in [0.25, 0.3) is 14.1 Å². The zero-order chi connectivity index (χ0) is 15.8. The molecule has 0 aromatic heterocycles. The Labute approximate surface area is 126 Å². The van der Waals surface area contributed by atoms with E-state index in [0.29, 0.717) is 0 Å². The van der Waals surface area contributed by atoms with Crippen molar-refractivity contribution in [1.82, 2.24) is 0 Å². The molecule has 1 aliphatic rings. The van der Waals surface area contributed by atoms with Gasteiger partial charge in [-0.05, 0) is 12.8 Å². The average molecular weight is 332 g/mol. The lowest BCUT2D eigenvalue weighted by Crippen LogP contribution is -2.41. The molecule has 0 bridgehead atoms.